The Hall–Kier alpha value is -1.30. The normalized spacial score (nSPS) is 20.6. The van der Waals surface area contributed by atoms with E-state index in [9.17, 15) is 9.59 Å². The first kappa shape index (κ1) is 12.8. The molecule has 0 radical (unpaired) electrons. The summed E-state index contributed by atoms with van der Waals surface area (Å²) in [6.45, 7) is 1.58. The number of carbonyl (C=O) groups excluding carboxylic acids is 2. The maximum atomic E-state index is 11.7. The van der Waals surface area contributed by atoms with Gasteiger partial charge in [-0.05, 0) is 19.3 Å². The molecule has 6 heteroatoms. The van der Waals surface area contributed by atoms with Gasteiger partial charge in [0.1, 0.15) is 0 Å². The lowest BCUT2D eigenvalue weighted by Gasteiger charge is -2.30. The molecule has 6 nitrogen and oxygen atoms in total. The fourth-order valence-corrected chi connectivity index (χ4v) is 1.83. The molecule has 0 saturated carbocycles. The van der Waals surface area contributed by atoms with E-state index in [-0.39, 0.29) is 18.4 Å². The Morgan fingerprint density at radius 1 is 1.50 bits per heavy atom. The average molecular weight is 229 g/mol. The maximum Gasteiger partial charge on any atom is 0.314 e. The summed E-state index contributed by atoms with van der Waals surface area (Å²) in [4.78, 5) is 24.1. The molecular weight excluding hydrogens is 210 g/mol. The van der Waals surface area contributed by atoms with Crippen LogP contribution in [0, 0.1) is 5.92 Å². The van der Waals surface area contributed by atoms with Crippen LogP contribution in [-0.4, -0.2) is 48.2 Å². The fourth-order valence-electron chi connectivity index (χ4n) is 1.83. The van der Waals surface area contributed by atoms with Crippen molar-refractivity contribution in [2.45, 2.75) is 19.3 Å². The Bertz CT molecular complexity index is 258. The number of amides is 3. The second-order valence-electron chi connectivity index (χ2n) is 3.99. The van der Waals surface area contributed by atoms with Gasteiger partial charge in [0, 0.05) is 26.2 Å². The van der Waals surface area contributed by atoms with Crippen molar-refractivity contribution in [3.63, 3.8) is 0 Å². The van der Waals surface area contributed by atoms with E-state index in [2.05, 4.69) is 5.32 Å². The molecule has 0 aliphatic carbocycles. The molecule has 1 atom stereocenters. The number of likely N-dealkylation sites (tertiary alicyclic amines) is 1. The van der Waals surface area contributed by atoms with Gasteiger partial charge in [0.05, 0.1) is 5.92 Å². The van der Waals surface area contributed by atoms with E-state index < -0.39 is 6.03 Å². The van der Waals surface area contributed by atoms with E-state index >= 15 is 0 Å². The first-order valence-electron chi connectivity index (χ1n) is 5.58. The van der Waals surface area contributed by atoms with Gasteiger partial charge in [-0.25, -0.2) is 4.79 Å². The third-order valence-corrected chi connectivity index (χ3v) is 2.74. The van der Waals surface area contributed by atoms with Crippen LogP contribution >= 0.6 is 0 Å². The SMILES string of the molecule is NC(=O)N1CCCC(C(=O)NCCCO)C1. The van der Waals surface area contributed by atoms with Crippen LogP contribution in [0.15, 0.2) is 0 Å². The molecule has 4 N–H and O–H groups in total. The highest BCUT2D eigenvalue weighted by Crippen LogP contribution is 2.16. The molecule has 0 spiro atoms. The van der Waals surface area contributed by atoms with Crippen molar-refractivity contribution in [1.82, 2.24) is 10.2 Å². The second kappa shape index (κ2) is 6.32. The van der Waals surface area contributed by atoms with Gasteiger partial charge >= 0.3 is 6.03 Å². The molecule has 1 aliphatic heterocycles. The van der Waals surface area contributed by atoms with Crippen LogP contribution in [0.5, 0.6) is 0 Å². The highest BCUT2D eigenvalue weighted by Gasteiger charge is 2.26. The first-order valence-corrected chi connectivity index (χ1v) is 5.58. The van der Waals surface area contributed by atoms with Crippen molar-refractivity contribution in [3.05, 3.63) is 0 Å². The summed E-state index contributed by atoms with van der Waals surface area (Å²) in [5, 5.41) is 11.3. The summed E-state index contributed by atoms with van der Waals surface area (Å²) in [5.74, 6) is -0.223. The van der Waals surface area contributed by atoms with Gasteiger partial charge in [-0.1, -0.05) is 0 Å². The van der Waals surface area contributed by atoms with E-state index in [1.165, 1.54) is 4.90 Å². The topological polar surface area (TPSA) is 95.7 Å². The van der Waals surface area contributed by atoms with Crippen LogP contribution in [0.3, 0.4) is 0 Å². The third-order valence-electron chi connectivity index (χ3n) is 2.74. The van der Waals surface area contributed by atoms with Gasteiger partial charge in [-0.3, -0.25) is 4.79 Å². The Kier molecular flexibility index (Phi) is 5.04. The Balaban J connectivity index is 2.35. The number of nitrogens with one attached hydrogen (secondary N) is 1. The molecule has 1 fully saturated rings. The highest BCUT2D eigenvalue weighted by molar-refractivity contribution is 5.80. The zero-order valence-corrected chi connectivity index (χ0v) is 9.32. The van der Waals surface area contributed by atoms with Gasteiger partial charge in [0.25, 0.3) is 0 Å². The monoisotopic (exact) mass is 229 g/mol. The van der Waals surface area contributed by atoms with E-state index in [1.807, 2.05) is 0 Å². The molecule has 16 heavy (non-hydrogen) atoms. The number of piperidine rings is 1. The summed E-state index contributed by atoms with van der Waals surface area (Å²) in [6.07, 6.45) is 2.15. The van der Waals surface area contributed by atoms with Crippen molar-refractivity contribution >= 4 is 11.9 Å². The van der Waals surface area contributed by atoms with Crippen LogP contribution in [0.2, 0.25) is 0 Å². The number of nitrogens with zero attached hydrogens (tertiary/aromatic N) is 1. The molecule has 0 aromatic carbocycles. The number of nitrogens with two attached hydrogens (primary N) is 1. The van der Waals surface area contributed by atoms with Crippen molar-refractivity contribution in [2.75, 3.05) is 26.2 Å². The largest absolute Gasteiger partial charge is 0.396 e. The molecule has 1 aliphatic rings. The van der Waals surface area contributed by atoms with Crippen LogP contribution in [0.4, 0.5) is 4.79 Å². The van der Waals surface area contributed by atoms with Crippen LogP contribution < -0.4 is 11.1 Å². The summed E-state index contributed by atoms with van der Waals surface area (Å²) >= 11 is 0. The molecular formula is C10H19N3O3. The molecule has 92 valence electrons. The summed E-state index contributed by atoms with van der Waals surface area (Å²) < 4.78 is 0. The van der Waals surface area contributed by atoms with Crippen molar-refractivity contribution in [2.24, 2.45) is 11.7 Å². The minimum atomic E-state index is -0.465. The minimum Gasteiger partial charge on any atom is -0.396 e. The predicted molar refractivity (Wildman–Crippen MR) is 58.6 cm³/mol. The number of hydrogen-bond acceptors (Lipinski definition) is 3. The quantitative estimate of drug-likeness (QED) is 0.555. The molecule has 1 unspecified atom stereocenters. The van der Waals surface area contributed by atoms with Gasteiger partial charge in [0.15, 0.2) is 0 Å². The van der Waals surface area contributed by atoms with Crippen LogP contribution in [0.25, 0.3) is 0 Å². The molecule has 1 heterocycles. The van der Waals surface area contributed by atoms with Crippen LogP contribution in [-0.2, 0) is 4.79 Å². The Labute approximate surface area is 94.8 Å². The zero-order chi connectivity index (χ0) is 12.0. The molecule has 0 bridgehead atoms. The van der Waals surface area contributed by atoms with Crippen molar-refractivity contribution < 1.29 is 14.7 Å². The molecule has 1 rings (SSSR count). The minimum absolute atomic E-state index is 0.0561. The number of aliphatic hydroxyl groups excluding tert-OH is 1. The lowest BCUT2D eigenvalue weighted by atomic mass is 9.97. The Morgan fingerprint density at radius 2 is 2.25 bits per heavy atom. The maximum absolute atomic E-state index is 11.7. The van der Waals surface area contributed by atoms with Gasteiger partial charge in [-0.2, -0.15) is 0 Å². The first-order chi connectivity index (χ1) is 7.65. The van der Waals surface area contributed by atoms with Crippen LogP contribution in [0.1, 0.15) is 19.3 Å². The number of carbonyl (C=O) groups is 2. The number of aliphatic hydroxyl groups is 1. The van der Waals surface area contributed by atoms with Crippen molar-refractivity contribution in [3.8, 4) is 0 Å². The molecule has 3 amide bonds. The van der Waals surface area contributed by atoms with E-state index in [0.717, 1.165) is 12.8 Å². The van der Waals surface area contributed by atoms with E-state index in [1.54, 1.807) is 0 Å². The summed E-state index contributed by atoms with van der Waals surface area (Å²) in [5.41, 5.74) is 5.17. The standard InChI is InChI=1S/C10H19N3O3/c11-10(16)13-5-1-3-8(7-13)9(15)12-4-2-6-14/h8,14H,1-7H2,(H2,11,16)(H,12,15). The van der Waals surface area contributed by atoms with Gasteiger partial charge in [-0.15, -0.1) is 0 Å². The predicted octanol–water partition coefficient (Wildman–Crippen LogP) is -0.724. The number of primary amides is 1. The lowest BCUT2D eigenvalue weighted by Crippen LogP contribution is -2.47. The van der Waals surface area contributed by atoms with Crippen molar-refractivity contribution in [1.29, 1.82) is 0 Å². The number of hydrogen-bond donors (Lipinski definition) is 3. The summed E-state index contributed by atoms with van der Waals surface area (Å²) in [7, 11) is 0. The van der Waals surface area contributed by atoms with E-state index in [0.29, 0.717) is 26.1 Å². The van der Waals surface area contributed by atoms with Gasteiger partial charge < -0.3 is 21.1 Å². The zero-order valence-electron chi connectivity index (χ0n) is 9.32. The molecule has 0 aromatic rings. The lowest BCUT2D eigenvalue weighted by molar-refractivity contribution is -0.126. The number of rotatable bonds is 4. The number of urea groups is 1. The van der Waals surface area contributed by atoms with Gasteiger partial charge in [0.2, 0.25) is 5.91 Å². The fraction of sp³-hybridized carbons (Fsp3) is 0.800. The molecule has 1 saturated heterocycles. The van der Waals surface area contributed by atoms with E-state index in [4.69, 9.17) is 10.8 Å². The smallest absolute Gasteiger partial charge is 0.314 e. The highest BCUT2D eigenvalue weighted by atomic mass is 16.3. The average Bonchev–Trinajstić information content (AvgIpc) is 2.29. The summed E-state index contributed by atoms with van der Waals surface area (Å²) in [6, 6.07) is -0.465. The second-order valence-corrected chi connectivity index (χ2v) is 3.99. The third kappa shape index (κ3) is 3.69. The molecule has 0 aromatic heterocycles. The Morgan fingerprint density at radius 3 is 2.88 bits per heavy atom.